The number of rotatable bonds is 5. The maximum Gasteiger partial charge on any atom is 0.239 e. The van der Waals surface area contributed by atoms with Crippen LogP contribution < -0.4 is 15.8 Å². The zero-order valence-electron chi connectivity index (χ0n) is 11.0. The van der Waals surface area contributed by atoms with Crippen molar-refractivity contribution in [3.05, 3.63) is 47.5 Å². The fourth-order valence-electron chi connectivity index (χ4n) is 1.67. The van der Waals surface area contributed by atoms with Crippen molar-refractivity contribution in [3.8, 4) is 5.88 Å². The number of hydrogen-bond donors (Lipinski definition) is 2. The average Bonchev–Trinajstić information content (AvgIpc) is 2.43. The Kier molecular flexibility index (Phi) is 4.34. The van der Waals surface area contributed by atoms with Gasteiger partial charge in [-0.15, -0.1) is 0 Å². The van der Waals surface area contributed by atoms with Crippen LogP contribution in [0.4, 0.5) is 20.3 Å². The highest BCUT2D eigenvalue weighted by molar-refractivity contribution is 5.53. The van der Waals surface area contributed by atoms with E-state index in [0.717, 1.165) is 18.2 Å². The Balaban J connectivity index is 2.10. The zero-order chi connectivity index (χ0) is 14.5. The monoisotopic (exact) mass is 279 g/mol. The van der Waals surface area contributed by atoms with Gasteiger partial charge in [0, 0.05) is 12.1 Å². The summed E-state index contributed by atoms with van der Waals surface area (Å²) in [7, 11) is 0. The van der Waals surface area contributed by atoms with Gasteiger partial charge in [-0.3, -0.25) is 0 Å². The van der Waals surface area contributed by atoms with E-state index in [1.54, 1.807) is 12.1 Å². The summed E-state index contributed by atoms with van der Waals surface area (Å²) in [6.07, 6.45) is 0. The van der Waals surface area contributed by atoms with Gasteiger partial charge < -0.3 is 15.8 Å². The van der Waals surface area contributed by atoms with E-state index in [1.807, 2.05) is 6.92 Å². The Morgan fingerprint density at radius 2 is 2.05 bits per heavy atom. The molecule has 106 valence electrons. The lowest BCUT2D eigenvalue weighted by atomic mass is 10.2. The first-order chi connectivity index (χ1) is 9.60. The molecule has 0 saturated carbocycles. The van der Waals surface area contributed by atoms with Crippen LogP contribution in [-0.2, 0) is 6.54 Å². The van der Waals surface area contributed by atoms with Crippen LogP contribution in [0.3, 0.4) is 0 Å². The molecule has 0 saturated heterocycles. The molecule has 0 radical (unpaired) electrons. The first-order valence-electron chi connectivity index (χ1n) is 6.17. The molecule has 20 heavy (non-hydrogen) atoms. The van der Waals surface area contributed by atoms with E-state index in [2.05, 4.69) is 10.3 Å². The smallest absolute Gasteiger partial charge is 0.239 e. The Bertz CT molecular complexity index is 605. The van der Waals surface area contributed by atoms with Gasteiger partial charge in [0.2, 0.25) is 5.88 Å². The van der Waals surface area contributed by atoms with Crippen molar-refractivity contribution >= 4 is 11.5 Å². The van der Waals surface area contributed by atoms with Crippen molar-refractivity contribution in [2.45, 2.75) is 13.5 Å². The molecule has 0 fully saturated rings. The fraction of sp³-hybridized carbons (Fsp3) is 0.214. The van der Waals surface area contributed by atoms with E-state index in [1.165, 1.54) is 0 Å². The van der Waals surface area contributed by atoms with Crippen LogP contribution in [0, 0.1) is 11.6 Å². The van der Waals surface area contributed by atoms with Gasteiger partial charge in [-0.25, -0.2) is 8.78 Å². The number of pyridine rings is 1. The quantitative estimate of drug-likeness (QED) is 0.883. The van der Waals surface area contributed by atoms with Crippen LogP contribution in [0.5, 0.6) is 5.88 Å². The van der Waals surface area contributed by atoms with E-state index >= 15 is 0 Å². The summed E-state index contributed by atoms with van der Waals surface area (Å²) in [6, 6.07) is 6.60. The van der Waals surface area contributed by atoms with Crippen molar-refractivity contribution in [2.24, 2.45) is 0 Å². The molecular weight excluding hydrogens is 264 g/mol. The van der Waals surface area contributed by atoms with Gasteiger partial charge in [0.25, 0.3) is 0 Å². The third-order valence-electron chi connectivity index (χ3n) is 2.64. The predicted octanol–water partition coefficient (Wildman–Crippen LogP) is 2.95. The Hall–Kier alpha value is -2.37. The van der Waals surface area contributed by atoms with Crippen molar-refractivity contribution in [3.63, 3.8) is 0 Å². The highest BCUT2D eigenvalue weighted by atomic mass is 19.1. The molecule has 0 atom stereocenters. The lowest BCUT2D eigenvalue weighted by Gasteiger charge is -2.10. The second kappa shape index (κ2) is 6.18. The minimum atomic E-state index is -0.483. The molecule has 0 aliphatic rings. The van der Waals surface area contributed by atoms with Crippen molar-refractivity contribution in [2.75, 3.05) is 17.7 Å². The molecule has 0 aliphatic carbocycles. The summed E-state index contributed by atoms with van der Waals surface area (Å²) < 4.78 is 31.8. The number of aromatic nitrogens is 1. The van der Waals surface area contributed by atoms with Crippen LogP contribution in [0.2, 0.25) is 0 Å². The zero-order valence-corrected chi connectivity index (χ0v) is 11.0. The van der Waals surface area contributed by atoms with Crippen LogP contribution >= 0.6 is 0 Å². The summed E-state index contributed by atoms with van der Waals surface area (Å²) in [4.78, 5) is 4.15. The molecule has 4 nitrogen and oxygen atoms in total. The molecule has 6 heteroatoms. The molecule has 1 heterocycles. The third-order valence-corrected chi connectivity index (χ3v) is 2.64. The summed E-state index contributed by atoms with van der Waals surface area (Å²) in [5.41, 5.74) is 6.35. The molecule has 1 aromatic heterocycles. The number of ether oxygens (including phenoxy) is 1. The minimum absolute atomic E-state index is 0.117. The predicted molar refractivity (Wildman–Crippen MR) is 73.5 cm³/mol. The molecule has 1 aromatic carbocycles. The topological polar surface area (TPSA) is 60.2 Å². The molecule has 0 bridgehead atoms. The summed E-state index contributed by atoms with van der Waals surface area (Å²) in [5.74, 6) is -0.161. The average molecular weight is 279 g/mol. The first kappa shape index (κ1) is 14.0. The van der Waals surface area contributed by atoms with Gasteiger partial charge in [0.15, 0.2) is 0 Å². The van der Waals surface area contributed by atoms with Crippen LogP contribution in [0.15, 0.2) is 30.3 Å². The highest BCUT2D eigenvalue weighted by Gasteiger charge is 2.06. The maximum absolute atomic E-state index is 13.5. The Morgan fingerprint density at radius 3 is 2.80 bits per heavy atom. The van der Waals surface area contributed by atoms with Crippen LogP contribution in [0.25, 0.3) is 0 Å². The van der Waals surface area contributed by atoms with Crippen LogP contribution in [-0.4, -0.2) is 11.6 Å². The number of hydrogen-bond acceptors (Lipinski definition) is 4. The molecule has 3 N–H and O–H groups in total. The number of nitrogens with zero attached hydrogens (tertiary/aromatic N) is 1. The second-order valence-corrected chi connectivity index (χ2v) is 4.11. The highest BCUT2D eigenvalue weighted by Crippen LogP contribution is 2.21. The SMILES string of the molecule is CCOc1nc(NCc2cc(F)ccc2F)ccc1N. The summed E-state index contributed by atoms with van der Waals surface area (Å²) in [6.45, 7) is 2.38. The van der Waals surface area contributed by atoms with E-state index in [4.69, 9.17) is 10.5 Å². The van der Waals surface area contributed by atoms with Gasteiger partial charge in [0.05, 0.1) is 12.3 Å². The molecule has 0 spiro atoms. The fourth-order valence-corrected chi connectivity index (χ4v) is 1.67. The Labute approximate surface area is 115 Å². The van der Waals surface area contributed by atoms with Crippen molar-refractivity contribution in [1.82, 2.24) is 4.98 Å². The third kappa shape index (κ3) is 3.34. The van der Waals surface area contributed by atoms with Gasteiger partial charge in [0.1, 0.15) is 17.5 Å². The molecular formula is C14H15F2N3O. The molecule has 0 aliphatic heterocycles. The molecule has 2 aromatic rings. The van der Waals surface area contributed by atoms with Crippen molar-refractivity contribution in [1.29, 1.82) is 0 Å². The van der Waals surface area contributed by atoms with Gasteiger partial charge >= 0.3 is 0 Å². The van der Waals surface area contributed by atoms with E-state index in [9.17, 15) is 8.78 Å². The van der Waals surface area contributed by atoms with Gasteiger partial charge in [-0.05, 0) is 37.3 Å². The van der Waals surface area contributed by atoms with E-state index in [-0.39, 0.29) is 12.1 Å². The van der Waals surface area contributed by atoms with Crippen LogP contribution in [0.1, 0.15) is 12.5 Å². The van der Waals surface area contributed by atoms with E-state index in [0.29, 0.717) is 24.0 Å². The first-order valence-corrected chi connectivity index (χ1v) is 6.17. The lowest BCUT2D eigenvalue weighted by molar-refractivity contribution is 0.329. The Morgan fingerprint density at radius 1 is 1.25 bits per heavy atom. The van der Waals surface area contributed by atoms with E-state index < -0.39 is 11.6 Å². The normalized spacial score (nSPS) is 10.3. The number of nitrogens with two attached hydrogens (primary N) is 1. The number of nitrogens with one attached hydrogen (secondary N) is 1. The number of anilines is 2. The largest absolute Gasteiger partial charge is 0.476 e. The summed E-state index contributed by atoms with van der Waals surface area (Å²) >= 11 is 0. The summed E-state index contributed by atoms with van der Waals surface area (Å²) in [5, 5.41) is 2.90. The number of halogens is 2. The molecule has 0 unspecified atom stereocenters. The minimum Gasteiger partial charge on any atom is -0.476 e. The van der Waals surface area contributed by atoms with Crippen molar-refractivity contribution < 1.29 is 13.5 Å². The molecule has 2 rings (SSSR count). The van der Waals surface area contributed by atoms with Gasteiger partial charge in [-0.2, -0.15) is 4.98 Å². The second-order valence-electron chi connectivity index (χ2n) is 4.11. The number of benzene rings is 1. The lowest BCUT2D eigenvalue weighted by Crippen LogP contribution is -2.06. The maximum atomic E-state index is 13.5. The standard InChI is InChI=1S/C14H15F2N3O/c1-2-20-14-12(17)5-6-13(19-14)18-8-9-7-10(15)3-4-11(9)16/h3-7H,2,8,17H2,1H3,(H,18,19). The molecule has 0 amide bonds. The number of nitrogen functional groups attached to an aromatic ring is 1. The van der Waals surface area contributed by atoms with Gasteiger partial charge in [-0.1, -0.05) is 0 Å².